The molecule has 5 nitrogen and oxygen atoms in total. The Balaban J connectivity index is 2.07. The van der Waals surface area contributed by atoms with Crippen molar-refractivity contribution in [2.45, 2.75) is 46.8 Å². The van der Waals surface area contributed by atoms with Gasteiger partial charge >= 0.3 is 0 Å². The molecule has 150 valence electrons. The van der Waals surface area contributed by atoms with Gasteiger partial charge in [0.25, 0.3) is 0 Å². The van der Waals surface area contributed by atoms with Crippen LogP contribution in [-0.4, -0.2) is 64.8 Å². The number of thioether (sulfide) groups is 1. The van der Waals surface area contributed by atoms with Gasteiger partial charge in [-0.1, -0.05) is 45.0 Å². The molecule has 1 atom stereocenters. The molecule has 2 amide bonds. The lowest BCUT2D eigenvalue weighted by Crippen LogP contribution is -2.51. The Hall–Kier alpha value is -1.53. The van der Waals surface area contributed by atoms with Gasteiger partial charge in [-0.25, -0.2) is 0 Å². The molecular formula is C21H33N3O2S. The molecule has 0 radical (unpaired) electrons. The number of carbonyl (C=O) groups is 2. The van der Waals surface area contributed by atoms with Crippen molar-refractivity contribution >= 4 is 23.6 Å². The van der Waals surface area contributed by atoms with Gasteiger partial charge in [0.1, 0.15) is 6.04 Å². The molecule has 1 aromatic carbocycles. The SMILES string of the molecule is CCN(Cc1ccc(CN(C)C)cc1)C(=O)C1CSCN1C(=O)C(C)(C)C. The van der Waals surface area contributed by atoms with Gasteiger partial charge in [0.05, 0.1) is 5.88 Å². The van der Waals surface area contributed by atoms with E-state index in [1.807, 2.05) is 32.6 Å². The van der Waals surface area contributed by atoms with E-state index in [9.17, 15) is 9.59 Å². The topological polar surface area (TPSA) is 43.9 Å². The second-order valence-electron chi connectivity index (χ2n) is 8.45. The zero-order valence-electron chi connectivity index (χ0n) is 17.5. The van der Waals surface area contributed by atoms with Crippen LogP contribution in [0.25, 0.3) is 0 Å². The summed E-state index contributed by atoms with van der Waals surface area (Å²) in [5.41, 5.74) is 1.90. The van der Waals surface area contributed by atoms with Gasteiger partial charge in [0.15, 0.2) is 0 Å². The summed E-state index contributed by atoms with van der Waals surface area (Å²) >= 11 is 1.66. The van der Waals surface area contributed by atoms with Crippen molar-refractivity contribution in [3.63, 3.8) is 0 Å². The molecule has 1 aliphatic heterocycles. The minimum atomic E-state index is -0.470. The lowest BCUT2D eigenvalue weighted by atomic mass is 9.94. The predicted octanol–water partition coefficient (Wildman–Crippen LogP) is 3.04. The van der Waals surface area contributed by atoms with Gasteiger partial charge in [-0.05, 0) is 32.1 Å². The molecule has 1 unspecified atom stereocenters. The van der Waals surface area contributed by atoms with Crippen molar-refractivity contribution in [2.75, 3.05) is 32.3 Å². The standard InChI is InChI=1S/C21H33N3O2S/c1-7-23(13-17-10-8-16(9-11-17)12-22(5)6)19(25)18-14-27-15-24(18)20(26)21(2,3)4/h8-11,18H,7,12-15H2,1-6H3. The second kappa shape index (κ2) is 9.11. The highest BCUT2D eigenvalue weighted by Crippen LogP contribution is 2.28. The Kier molecular flexibility index (Phi) is 7.34. The summed E-state index contributed by atoms with van der Waals surface area (Å²) in [6, 6.07) is 8.07. The summed E-state index contributed by atoms with van der Waals surface area (Å²) in [5, 5.41) is 0. The van der Waals surface area contributed by atoms with Gasteiger partial charge in [0.2, 0.25) is 11.8 Å². The Morgan fingerprint density at radius 2 is 1.67 bits per heavy atom. The summed E-state index contributed by atoms with van der Waals surface area (Å²) < 4.78 is 0. The summed E-state index contributed by atoms with van der Waals surface area (Å²) in [5.74, 6) is 1.38. The Labute approximate surface area is 168 Å². The van der Waals surface area contributed by atoms with Crippen LogP contribution in [-0.2, 0) is 22.7 Å². The zero-order valence-corrected chi connectivity index (χ0v) is 18.3. The molecule has 0 spiro atoms. The van der Waals surface area contributed by atoms with Crippen molar-refractivity contribution in [3.05, 3.63) is 35.4 Å². The molecule has 0 saturated carbocycles. The summed E-state index contributed by atoms with van der Waals surface area (Å²) in [6.07, 6.45) is 0. The van der Waals surface area contributed by atoms with Crippen LogP contribution in [0.3, 0.4) is 0 Å². The number of carbonyl (C=O) groups excluding carboxylic acids is 2. The largest absolute Gasteiger partial charge is 0.337 e. The smallest absolute Gasteiger partial charge is 0.246 e. The molecule has 0 aromatic heterocycles. The van der Waals surface area contributed by atoms with E-state index in [4.69, 9.17) is 0 Å². The van der Waals surface area contributed by atoms with Gasteiger partial charge in [-0.3, -0.25) is 9.59 Å². The number of hydrogen-bond donors (Lipinski definition) is 0. The Morgan fingerprint density at radius 1 is 1.11 bits per heavy atom. The molecule has 27 heavy (non-hydrogen) atoms. The van der Waals surface area contributed by atoms with Crippen LogP contribution < -0.4 is 0 Å². The molecule has 2 rings (SSSR count). The van der Waals surface area contributed by atoms with Gasteiger partial charge in [-0.15, -0.1) is 11.8 Å². The van der Waals surface area contributed by atoms with E-state index < -0.39 is 5.41 Å². The third kappa shape index (κ3) is 5.72. The first kappa shape index (κ1) is 21.8. The van der Waals surface area contributed by atoms with E-state index in [1.165, 1.54) is 5.56 Å². The molecule has 0 N–H and O–H groups in total. The van der Waals surface area contributed by atoms with Gasteiger partial charge < -0.3 is 14.7 Å². The van der Waals surface area contributed by atoms with Gasteiger partial charge in [0, 0.05) is 30.8 Å². The molecule has 1 saturated heterocycles. The van der Waals surface area contributed by atoms with E-state index in [-0.39, 0.29) is 17.9 Å². The lowest BCUT2D eigenvalue weighted by molar-refractivity contribution is -0.148. The highest BCUT2D eigenvalue weighted by atomic mass is 32.2. The number of hydrogen-bond acceptors (Lipinski definition) is 4. The highest BCUT2D eigenvalue weighted by molar-refractivity contribution is 7.99. The lowest BCUT2D eigenvalue weighted by Gasteiger charge is -2.32. The average molecular weight is 392 g/mol. The van der Waals surface area contributed by atoms with Crippen molar-refractivity contribution in [1.29, 1.82) is 0 Å². The maximum Gasteiger partial charge on any atom is 0.246 e. The first-order chi connectivity index (χ1) is 12.6. The van der Waals surface area contributed by atoms with Crippen LogP contribution in [0.15, 0.2) is 24.3 Å². The monoisotopic (exact) mass is 391 g/mol. The third-order valence-electron chi connectivity index (χ3n) is 4.66. The van der Waals surface area contributed by atoms with E-state index >= 15 is 0 Å². The number of rotatable bonds is 6. The van der Waals surface area contributed by atoms with Crippen LogP contribution in [0.2, 0.25) is 0 Å². The van der Waals surface area contributed by atoms with Crippen LogP contribution >= 0.6 is 11.8 Å². The normalized spacial score (nSPS) is 17.4. The fourth-order valence-corrected chi connectivity index (χ4v) is 4.32. The first-order valence-electron chi connectivity index (χ1n) is 9.53. The number of likely N-dealkylation sites (N-methyl/N-ethyl adjacent to an activating group) is 1. The van der Waals surface area contributed by atoms with E-state index in [2.05, 4.69) is 43.3 Å². The summed E-state index contributed by atoms with van der Waals surface area (Å²) in [4.78, 5) is 31.6. The number of benzene rings is 1. The minimum absolute atomic E-state index is 0.0509. The summed E-state index contributed by atoms with van der Waals surface area (Å²) in [7, 11) is 4.10. The Morgan fingerprint density at radius 3 is 2.15 bits per heavy atom. The predicted molar refractivity (Wildman–Crippen MR) is 112 cm³/mol. The molecule has 6 heteroatoms. The zero-order chi connectivity index (χ0) is 20.2. The first-order valence-corrected chi connectivity index (χ1v) is 10.7. The van der Waals surface area contributed by atoms with E-state index in [1.54, 1.807) is 16.7 Å². The van der Waals surface area contributed by atoms with Crippen molar-refractivity contribution < 1.29 is 9.59 Å². The van der Waals surface area contributed by atoms with Gasteiger partial charge in [-0.2, -0.15) is 0 Å². The molecule has 1 aliphatic rings. The second-order valence-corrected chi connectivity index (χ2v) is 9.45. The molecule has 1 aromatic rings. The van der Waals surface area contributed by atoms with E-state index in [0.29, 0.717) is 24.7 Å². The quantitative estimate of drug-likeness (QED) is 0.748. The fourth-order valence-electron chi connectivity index (χ4n) is 3.17. The highest BCUT2D eigenvalue weighted by Gasteiger charge is 2.40. The van der Waals surface area contributed by atoms with Crippen LogP contribution in [0, 0.1) is 5.41 Å². The van der Waals surface area contributed by atoms with Crippen molar-refractivity contribution in [3.8, 4) is 0 Å². The fraction of sp³-hybridized carbons (Fsp3) is 0.619. The third-order valence-corrected chi connectivity index (χ3v) is 5.67. The Bertz CT molecular complexity index is 652. The van der Waals surface area contributed by atoms with Crippen LogP contribution in [0.5, 0.6) is 0 Å². The number of amides is 2. The minimum Gasteiger partial charge on any atom is -0.337 e. The van der Waals surface area contributed by atoms with Crippen molar-refractivity contribution in [1.82, 2.24) is 14.7 Å². The molecule has 1 heterocycles. The average Bonchev–Trinajstić information content (AvgIpc) is 3.08. The molecular weight excluding hydrogens is 358 g/mol. The molecule has 0 aliphatic carbocycles. The molecule has 0 bridgehead atoms. The molecule has 1 fully saturated rings. The van der Waals surface area contributed by atoms with E-state index in [0.717, 1.165) is 12.1 Å². The summed E-state index contributed by atoms with van der Waals surface area (Å²) in [6.45, 7) is 9.84. The van der Waals surface area contributed by atoms with Crippen LogP contribution in [0.4, 0.5) is 0 Å². The maximum atomic E-state index is 13.1. The van der Waals surface area contributed by atoms with Crippen molar-refractivity contribution in [2.24, 2.45) is 5.41 Å². The maximum absolute atomic E-state index is 13.1. The van der Waals surface area contributed by atoms with Crippen LogP contribution in [0.1, 0.15) is 38.8 Å². The number of nitrogens with zero attached hydrogens (tertiary/aromatic N) is 3.